The standard InChI is InChI=1S/C19H20N6O2S/c26-17-16(28-19(27)24-17)10-14-3-7-21-18(23-14)25-8-4-13(5-9-25)11-22-15-2-1-6-20-12-15/h1-3,6-7,10,12-13,22H,4-5,8-9,11H2,(H,24,26,27)/b16-10-. The van der Waals surface area contributed by atoms with Gasteiger partial charge < -0.3 is 10.2 Å². The minimum absolute atomic E-state index is 0.354. The fourth-order valence-corrected chi connectivity index (χ4v) is 3.88. The number of thioether (sulfide) groups is 1. The predicted octanol–water partition coefficient (Wildman–Crippen LogP) is 2.52. The van der Waals surface area contributed by atoms with E-state index in [1.165, 1.54) is 0 Å². The lowest BCUT2D eigenvalue weighted by Gasteiger charge is -2.32. The van der Waals surface area contributed by atoms with Crippen LogP contribution in [0.5, 0.6) is 0 Å². The Kier molecular flexibility index (Phi) is 5.52. The summed E-state index contributed by atoms with van der Waals surface area (Å²) in [4.78, 5) is 38.5. The van der Waals surface area contributed by atoms with Crippen molar-refractivity contribution in [2.75, 3.05) is 29.9 Å². The van der Waals surface area contributed by atoms with E-state index < -0.39 is 0 Å². The zero-order valence-corrected chi connectivity index (χ0v) is 16.0. The number of piperidine rings is 1. The summed E-state index contributed by atoms with van der Waals surface area (Å²) in [6.45, 7) is 2.69. The van der Waals surface area contributed by atoms with Gasteiger partial charge in [-0.25, -0.2) is 9.97 Å². The summed E-state index contributed by atoms with van der Waals surface area (Å²) in [6.07, 6.45) is 9.01. The van der Waals surface area contributed by atoms with Gasteiger partial charge in [-0.3, -0.25) is 19.9 Å². The lowest BCUT2D eigenvalue weighted by Crippen LogP contribution is -2.36. The summed E-state index contributed by atoms with van der Waals surface area (Å²) >= 11 is 0.890. The third-order valence-corrected chi connectivity index (χ3v) is 5.55. The number of nitrogens with zero attached hydrogens (tertiary/aromatic N) is 4. The molecule has 9 heteroatoms. The maximum absolute atomic E-state index is 11.7. The number of rotatable bonds is 5. The van der Waals surface area contributed by atoms with Crippen molar-refractivity contribution < 1.29 is 9.59 Å². The van der Waals surface area contributed by atoms with Crippen LogP contribution in [0.2, 0.25) is 0 Å². The molecule has 144 valence electrons. The highest BCUT2D eigenvalue weighted by Gasteiger charge is 2.25. The van der Waals surface area contributed by atoms with Gasteiger partial charge in [0.15, 0.2) is 0 Å². The highest BCUT2D eigenvalue weighted by Crippen LogP contribution is 2.26. The topological polar surface area (TPSA) is 100 Å². The van der Waals surface area contributed by atoms with E-state index in [9.17, 15) is 9.59 Å². The Morgan fingerprint density at radius 1 is 1.25 bits per heavy atom. The number of amides is 2. The molecule has 4 rings (SSSR count). The van der Waals surface area contributed by atoms with Gasteiger partial charge in [0.05, 0.1) is 16.3 Å². The molecule has 2 amide bonds. The van der Waals surface area contributed by atoms with Crippen LogP contribution in [0.25, 0.3) is 6.08 Å². The van der Waals surface area contributed by atoms with Gasteiger partial charge in [-0.1, -0.05) is 0 Å². The van der Waals surface area contributed by atoms with E-state index in [0.717, 1.165) is 49.9 Å². The maximum Gasteiger partial charge on any atom is 0.290 e. The first-order valence-corrected chi connectivity index (χ1v) is 9.96. The van der Waals surface area contributed by atoms with Crippen LogP contribution in [0, 0.1) is 5.92 Å². The molecule has 2 aromatic heterocycles. The highest BCUT2D eigenvalue weighted by atomic mass is 32.2. The molecule has 2 aromatic rings. The molecule has 2 fully saturated rings. The smallest absolute Gasteiger partial charge is 0.290 e. The van der Waals surface area contributed by atoms with E-state index in [2.05, 4.69) is 30.5 Å². The van der Waals surface area contributed by atoms with E-state index in [4.69, 9.17) is 0 Å². The van der Waals surface area contributed by atoms with E-state index in [0.29, 0.717) is 22.5 Å². The van der Waals surface area contributed by atoms with Crippen molar-refractivity contribution in [3.8, 4) is 0 Å². The molecular weight excluding hydrogens is 376 g/mol. The number of carbonyl (C=O) groups excluding carboxylic acids is 2. The number of imide groups is 1. The van der Waals surface area contributed by atoms with Gasteiger partial charge in [-0.15, -0.1) is 0 Å². The Bertz CT molecular complexity index is 896. The van der Waals surface area contributed by atoms with Crippen molar-refractivity contribution in [2.45, 2.75) is 12.8 Å². The van der Waals surface area contributed by atoms with E-state index in [-0.39, 0.29) is 11.1 Å². The Morgan fingerprint density at radius 3 is 2.82 bits per heavy atom. The molecule has 0 saturated carbocycles. The molecule has 8 nitrogen and oxygen atoms in total. The predicted molar refractivity (Wildman–Crippen MR) is 109 cm³/mol. The molecule has 2 aliphatic heterocycles. The van der Waals surface area contributed by atoms with Gasteiger partial charge in [-0.2, -0.15) is 0 Å². The second-order valence-corrected chi connectivity index (χ2v) is 7.70. The SMILES string of the molecule is O=C1NC(=O)/C(=C/c2ccnc(N3CCC(CNc4cccnc4)CC3)n2)S1. The highest BCUT2D eigenvalue weighted by molar-refractivity contribution is 8.18. The summed E-state index contributed by atoms with van der Waals surface area (Å²) in [5.74, 6) is 0.867. The first-order valence-electron chi connectivity index (χ1n) is 9.14. The van der Waals surface area contributed by atoms with Crippen LogP contribution in [0.3, 0.4) is 0 Å². The number of hydrogen-bond donors (Lipinski definition) is 2. The average Bonchev–Trinajstić information content (AvgIpc) is 3.04. The van der Waals surface area contributed by atoms with E-state index in [1.54, 1.807) is 24.5 Å². The number of anilines is 2. The average molecular weight is 396 g/mol. The molecular formula is C19H20N6O2S. The van der Waals surface area contributed by atoms with Crippen LogP contribution < -0.4 is 15.5 Å². The van der Waals surface area contributed by atoms with Crippen LogP contribution in [0.15, 0.2) is 41.7 Å². The summed E-state index contributed by atoms with van der Waals surface area (Å²) in [6, 6.07) is 5.68. The third kappa shape index (κ3) is 4.48. The third-order valence-electron chi connectivity index (χ3n) is 4.74. The van der Waals surface area contributed by atoms with Crippen LogP contribution in [-0.2, 0) is 4.79 Å². The molecule has 0 bridgehead atoms. The van der Waals surface area contributed by atoms with Crippen LogP contribution in [0.4, 0.5) is 16.4 Å². The van der Waals surface area contributed by atoms with Crippen molar-refractivity contribution in [1.29, 1.82) is 0 Å². The number of carbonyl (C=O) groups is 2. The first-order chi connectivity index (χ1) is 13.7. The summed E-state index contributed by atoms with van der Waals surface area (Å²) in [5, 5.41) is 5.33. The largest absolute Gasteiger partial charge is 0.384 e. The minimum atomic E-state index is -0.378. The van der Waals surface area contributed by atoms with Crippen molar-refractivity contribution >= 4 is 40.6 Å². The first kappa shape index (κ1) is 18.4. The maximum atomic E-state index is 11.7. The summed E-state index contributed by atoms with van der Waals surface area (Å²) in [7, 11) is 0. The monoisotopic (exact) mass is 396 g/mol. The molecule has 2 saturated heterocycles. The van der Waals surface area contributed by atoms with Crippen molar-refractivity contribution in [1.82, 2.24) is 20.3 Å². The van der Waals surface area contributed by atoms with Gasteiger partial charge in [0.25, 0.3) is 11.1 Å². The number of nitrogens with one attached hydrogen (secondary N) is 2. The normalized spacial score (nSPS) is 19.1. The molecule has 0 radical (unpaired) electrons. The number of hydrogen-bond acceptors (Lipinski definition) is 8. The molecule has 0 aliphatic carbocycles. The quantitative estimate of drug-likeness (QED) is 0.744. The van der Waals surface area contributed by atoms with E-state index >= 15 is 0 Å². The minimum Gasteiger partial charge on any atom is -0.384 e. The van der Waals surface area contributed by atoms with Crippen molar-refractivity contribution in [3.05, 3.63) is 47.4 Å². The second kappa shape index (κ2) is 8.39. The fraction of sp³-hybridized carbons (Fsp3) is 0.316. The lowest BCUT2D eigenvalue weighted by atomic mass is 9.97. The van der Waals surface area contributed by atoms with Gasteiger partial charge in [0.2, 0.25) is 5.95 Å². The van der Waals surface area contributed by atoms with E-state index in [1.807, 2.05) is 18.3 Å². The summed E-state index contributed by atoms with van der Waals surface area (Å²) < 4.78 is 0. The van der Waals surface area contributed by atoms with Crippen LogP contribution in [-0.4, -0.2) is 45.7 Å². The van der Waals surface area contributed by atoms with Crippen LogP contribution in [0.1, 0.15) is 18.5 Å². The van der Waals surface area contributed by atoms with Gasteiger partial charge in [0, 0.05) is 38.2 Å². The molecule has 28 heavy (non-hydrogen) atoms. The number of aromatic nitrogens is 3. The zero-order chi connectivity index (χ0) is 19.3. The van der Waals surface area contributed by atoms with Gasteiger partial charge in [-0.05, 0) is 54.8 Å². The Labute approximate surface area is 166 Å². The lowest BCUT2D eigenvalue weighted by molar-refractivity contribution is -0.115. The number of pyridine rings is 1. The molecule has 0 aromatic carbocycles. The second-order valence-electron chi connectivity index (χ2n) is 6.69. The Balaban J connectivity index is 1.34. The van der Waals surface area contributed by atoms with Gasteiger partial charge in [0.1, 0.15) is 0 Å². The zero-order valence-electron chi connectivity index (χ0n) is 15.2. The molecule has 0 atom stereocenters. The Hall–Kier alpha value is -2.94. The fourth-order valence-electron chi connectivity index (χ4n) is 3.22. The summed E-state index contributed by atoms with van der Waals surface area (Å²) in [5.41, 5.74) is 1.67. The molecule has 4 heterocycles. The van der Waals surface area contributed by atoms with Crippen molar-refractivity contribution in [2.24, 2.45) is 5.92 Å². The van der Waals surface area contributed by atoms with Crippen LogP contribution >= 0.6 is 11.8 Å². The Morgan fingerprint density at radius 2 is 2.11 bits per heavy atom. The molecule has 2 aliphatic rings. The molecule has 0 unspecified atom stereocenters. The molecule has 0 spiro atoms. The van der Waals surface area contributed by atoms with Gasteiger partial charge >= 0.3 is 0 Å². The van der Waals surface area contributed by atoms with Crippen molar-refractivity contribution in [3.63, 3.8) is 0 Å². The molecule has 2 N–H and O–H groups in total.